The van der Waals surface area contributed by atoms with Crippen molar-refractivity contribution in [3.8, 4) is 11.1 Å². The van der Waals surface area contributed by atoms with Gasteiger partial charge in [0, 0.05) is 43.5 Å². The van der Waals surface area contributed by atoms with Crippen molar-refractivity contribution >= 4 is 5.91 Å². The molecule has 1 amide bonds. The fraction of sp³-hybridized carbons (Fsp3) is 0.250. The van der Waals surface area contributed by atoms with Crippen molar-refractivity contribution in [1.29, 1.82) is 0 Å². The summed E-state index contributed by atoms with van der Waals surface area (Å²) in [5.74, 6) is 0.370. The van der Waals surface area contributed by atoms with Gasteiger partial charge in [-0.25, -0.2) is 4.39 Å². The lowest BCUT2D eigenvalue weighted by atomic mass is 9.74. The van der Waals surface area contributed by atoms with E-state index in [0.29, 0.717) is 12.3 Å². The molecule has 5 heteroatoms. The highest BCUT2D eigenvalue weighted by Gasteiger charge is 2.47. The van der Waals surface area contributed by atoms with E-state index < -0.39 is 0 Å². The Hall–Kier alpha value is -3.05. The number of hydrogen-bond donors (Lipinski definition) is 1. The van der Waals surface area contributed by atoms with Crippen LogP contribution >= 0.6 is 0 Å². The third-order valence-electron chi connectivity index (χ3n) is 6.04. The molecule has 3 aliphatic rings. The summed E-state index contributed by atoms with van der Waals surface area (Å²) < 4.78 is 13.5. The highest BCUT2D eigenvalue weighted by Crippen LogP contribution is 2.37. The molecule has 0 spiro atoms. The summed E-state index contributed by atoms with van der Waals surface area (Å²) in [6.07, 6.45) is 3.87. The van der Waals surface area contributed by atoms with Crippen LogP contribution in [0.5, 0.6) is 0 Å². The lowest BCUT2D eigenvalue weighted by Gasteiger charge is -2.55. The van der Waals surface area contributed by atoms with Gasteiger partial charge in [0.2, 0.25) is 5.91 Å². The molecule has 0 saturated carbocycles. The number of nitrogens with one attached hydrogen (secondary N) is 1. The average Bonchev–Trinajstić information content (AvgIpc) is 2.75. The molecule has 3 atom stereocenters. The molecule has 2 aromatic carbocycles. The molecule has 6 rings (SSSR count). The summed E-state index contributed by atoms with van der Waals surface area (Å²) in [4.78, 5) is 18.6. The number of halogens is 1. The number of fused-ring (bicyclic) bond motifs is 2. The normalized spacial score (nSPS) is 22.8. The van der Waals surface area contributed by atoms with Crippen molar-refractivity contribution in [3.63, 3.8) is 0 Å². The Morgan fingerprint density at radius 1 is 1.00 bits per heavy atom. The van der Waals surface area contributed by atoms with Crippen molar-refractivity contribution < 1.29 is 9.18 Å². The van der Waals surface area contributed by atoms with Gasteiger partial charge < -0.3 is 10.2 Å². The maximum atomic E-state index is 13.5. The number of aromatic nitrogens is 1. The molecule has 3 aromatic rings. The highest BCUT2D eigenvalue weighted by atomic mass is 19.1. The molecule has 29 heavy (non-hydrogen) atoms. The predicted octanol–water partition coefficient (Wildman–Crippen LogP) is 3.40. The lowest BCUT2D eigenvalue weighted by Crippen LogP contribution is -2.72. The second kappa shape index (κ2) is 7.41. The molecule has 0 aliphatic carbocycles. The van der Waals surface area contributed by atoms with E-state index in [2.05, 4.69) is 34.6 Å². The van der Waals surface area contributed by atoms with Crippen LogP contribution in [0, 0.1) is 5.82 Å². The van der Waals surface area contributed by atoms with Crippen molar-refractivity contribution in [3.05, 3.63) is 90.0 Å². The summed E-state index contributed by atoms with van der Waals surface area (Å²) in [5, 5.41) is 3.58. The maximum absolute atomic E-state index is 13.5. The third kappa shape index (κ3) is 3.54. The number of pyridine rings is 1. The Kier molecular flexibility index (Phi) is 4.60. The zero-order chi connectivity index (χ0) is 19.8. The van der Waals surface area contributed by atoms with E-state index in [4.69, 9.17) is 0 Å². The highest BCUT2D eigenvalue weighted by molar-refractivity contribution is 5.79. The van der Waals surface area contributed by atoms with Gasteiger partial charge in [-0.05, 0) is 46.5 Å². The van der Waals surface area contributed by atoms with Gasteiger partial charge in [0.05, 0.1) is 6.42 Å². The molecule has 0 radical (unpaired) electrons. The van der Waals surface area contributed by atoms with Crippen molar-refractivity contribution in [1.82, 2.24) is 15.2 Å². The quantitative estimate of drug-likeness (QED) is 0.746. The average molecular weight is 387 g/mol. The number of piperazine rings is 1. The van der Waals surface area contributed by atoms with E-state index in [1.807, 2.05) is 23.1 Å². The van der Waals surface area contributed by atoms with Crippen LogP contribution in [-0.4, -0.2) is 41.0 Å². The maximum Gasteiger partial charge on any atom is 0.227 e. The van der Waals surface area contributed by atoms with Gasteiger partial charge in [-0.1, -0.05) is 36.4 Å². The molecule has 1 aromatic heterocycles. The van der Waals surface area contributed by atoms with Crippen molar-refractivity contribution in [2.24, 2.45) is 0 Å². The molecule has 1 unspecified atom stereocenters. The first-order valence-electron chi connectivity index (χ1n) is 9.96. The van der Waals surface area contributed by atoms with Gasteiger partial charge >= 0.3 is 0 Å². The van der Waals surface area contributed by atoms with Crippen LogP contribution in [-0.2, 0) is 11.2 Å². The first kappa shape index (κ1) is 18.0. The number of rotatable bonds is 4. The molecular weight excluding hydrogens is 365 g/mol. The number of benzene rings is 2. The lowest BCUT2D eigenvalue weighted by molar-refractivity contribution is -0.135. The largest absolute Gasteiger partial charge is 0.339 e. The molecule has 3 saturated heterocycles. The summed E-state index contributed by atoms with van der Waals surface area (Å²) in [5.41, 5.74) is 4.18. The van der Waals surface area contributed by atoms with Gasteiger partial charge in [0.1, 0.15) is 5.82 Å². The zero-order valence-corrected chi connectivity index (χ0v) is 16.0. The molecule has 4 heterocycles. The summed E-state index contributed by atoms with van der Waals surface area (Å²) >= 11 is 0. The number of piperidine rings is 1. The molecule has 3 aliphatic heterocycles. The Bertz CT molecular complexity index is 1010. The summed E-state index contributed by atoms with van der Waals surface area (Å²) in [6.45, 7) is 1.47. The van der Waals surface area contributed by atoms with Crippen LogP contribution in [0.3, 0.4) is 0 Å². The van der Waals surface area contributed by atoms with Crippen LogP contribution < -0.4 is 5.32 Å². The van der Waals surface area contributed by atoms with E-state index >= 15 is 0 Å². The Labute approximate surface area is 169 Å². The summed E-state index contributed by atoms with van der Waals surface area (Å²) in [7, 11) is 0. The van der Waals surface area contributed by atoms with Crippen LogP contribution in [0.1, 0.15) is 17.0 Å². The smallest absolute Gasteiger partial charge is 0.227 e. The van der Waals surface area contributed by atoms with E-state index in [9.17, 15) is 9.18 Å². The van der Waals surface area contributed by atoms with Gasteiger partial charge in [-0.15, -0.1) is 0 Å². The number of amides is 1. The SMILES string of the molecule is O=C(Cc1ccncc1)N1C[C@@H]2N[C@H](C1)C2c1ccc(-c2cccc(F)c2)cc1. The van der Waals surface area contributed by atoms with Crippen LogP contribution in [0.2, 0.25) is 0 Å². The number of carbonyl (C=O) groups is 1. The van der Waals surface area contributed by atoms with Crippen molar-refractivity contribution in [2.75, 3.05) is 13.1 Å². The number of hydrogen-bond acceptors (Lipinski definition) is 3. The van der Waals surface area contributed by atoms with E-state index in [0.717, 1.165) is 29.8 Å². The van der Waals surface area contributed by atoms with Gasteiger partial charge in [0.25, 0.3) is 0 Å². The van der Waals surface area contributed by atoms with Crippen molar-refractivity contribution in [2.45, 2.75) is 24.4 Å². The van der Waals surface area contributed by atoms with Crippen LogP contribution in [0.15, 0.2) is 73.1 Å². The monoisotopic (exact) mass is 387 g/mol. The van der Waals surface area contributed by atoms with E-state index in [1.165, 1.54) is 11.6 Å². The third-order valence-corrected chi connectivity index (χ3v) is 6.04. The Morgan fingerprint density at radius 3 is 2.41 bits per heavy atom. The Morgan fingerprint density at radius 2 is 1.72 bits per heavy atom. The fourth-order valence-corrected chi connectivity index (χ4v) is 4.55. The molecule has 1 N–H and O–H groups in total. The fourth-order valence-electron chi connectivity index (χ4n) is 4.55. The Balaban J connectivity index is 1.25. The first-order chi connectivity index (χ1) is 14.2. The standard InChI is InChI=1S/C24H22FN3O/c25-20-3-1-2-19(13-20)17-4-6-18(7-5-17)24-21-14-28(15-22(24)27-21)23(29)12-16-8-10-26-11-9-16/h1-11,13,21-22,24,27H,12,14-15H2/t21-,22+,24?. The molecule has 2 bridgehead atoms. The molecule has 146 valence electrons. The van der Waals surface area contributed by atoms with Gasteiger partial charge in [-0.2, -0.15) is 0 Å². The van der Waals surface area contributed by atoms with Gasteiger partial charge in [0.15, 0.2) is 0 Å². The second-order valence-electron chi connectivity index (χ2n) is 7.87. The number of nitrogens with zero attached hydrogens (tertiary/aromatic N) is 2. The minimum absolute atomic E-state index is 0.174. The molecule has 4 nitrogen and oxygen atoms in total. The topological polar surface area (TPSA) is 45.2 Å². The molecule has 3 fully saturated rings. The predicted molar refractivity (Wildman–Crippen MR) is 110 cm³/mol. The second-order valence-corrected chi connectivity index (χ2v) is 7.87. The number of carbonyl (C=O) groups excluding carboxylic acids is 1. The minimum Gasteiger partial charge on any atom is -0.339 e. The van der Waals surface area contributed by atoms with Crippen LogP contribution in [0.25, 0.3) is 11.1 Å². The van der Waals surface area contributed by atoms with Gasteiger partial charge in [-0.3, -0.25) is 9.78 Å². The van der Waals surface area contributed by atoms with E-state index in [-0.39, 0.29) is 23.8 Å². The first-order valence-corrected chi connectivity index (χ1v) is 9.96. The zero-order valence-electron chi connectivity index (χ0n) is 16.0. The minimum atomic E-state index is -0.221. The molecular formula is C24H22FN3O. The summed E-state index contributed by atoms with van der Waals surface area (Å²) in [6, 6.07) is 19.4. The van der Waals surface area contributed by atoms with Crippen LogP contribution in [0.4, 0.5) is 4.39 Å². The van der Waals surface area contributed by atoms with E-state index in [1.54, 1.807) is 24.5 Å².